The van der Waals surface area contributed by atoms with Crippen molar-refractivity contribution in [3.05, 3.63) is 22.7 Å². The summed E-state index contributed by atoms with van der Waals surface area (Å²) in [6.45, 7) is 4.14. The van der Waals surface area contributed by atoms with Gasteiger partial charge in [-0.2, -0.15) is 0 Å². The predicted octanol–water partition coefficient (Wildman–Crippen LogP) is 2.37. The highest BCUT2D eigenvalue weighted by Crippen LogP contribution is 2.30. The Bertz CT molecular complexity index is 534. The Balaban J connectivity index is 2.84. The van der Waals surface area contributed by atoms with Gasteiger partial charge in [0.1, 0.15) is 11.3 Å². The van der Waals surface area contributed by atoms with Gasteiger partial charge in [-0.3, -0.25) is 4.79 Å². The second-order valence-corrected chi connectivity index (χ2v) is 4.98. The Kier molecular flexibility index (Phi) is 6.45. The molecule has 1 rings (SSSR count). The van der Waals surface area contributed by atoms with Crippen LogP contribution in [0, 0.1) is 0 Å². The summed E-state index contributed by atoms with van der Waals surface area (Å²) >= 11 is 5.98. The van der Waals surface area contributed by atoms with Gasteiger partial charge < -0.3 is 20.5 Å². The van der Waals surface area contributed by atoms with Crippen molar-refractivity contribution in [3.63, 3.8) is 0 Å². The fourth-order valence-electron chi connectivity index (χ4n) is 1.59. The summed E-state index contributed by atoms with van der Waals surface area (Å²) in [5, 5.41) is 14.8. The quantitative estimate of drug-likeness (QED) is 0.719. The lowest BCUT2D eigenvalue weighted by molar-refractivity contribution is -0.115. The lowest BCUT2D eigenvalue weighted by Crippen LogP contribution is -2.34. The number of hydrogen-bond donors (Lipinski definition) is 3. The molecular formula is C14H19ClN2O4. The maximum atomic E-state index is 11.8. The van der Waals surface area contributed by atoms with Crippen LogP contribution in [0.3, 0.4) is 0 Å². The Morgan fingerprint density at radius 3 is 2.62 bits per heavy atom. The molecule has 0 spiro atoms. The van der Waals surface area contributed by atoms with Gasteiger partial charge in [-0.05, 0) is 19.4 Å². The van der Waals surface area contributed by atoms with Crippen LogP contribution in [-0.4, -0.2) is 36.7 Å². The van der Waals surface area contributed by atoms with E-state index in [1.165, 1.54) is 19.2 Å². The van der Waals surface area contributed by atoms with Crippen LogP contribution in [0.1, 0.15) is 30.6 Å². The molecule has 0 bridgehead atoms. The van der Waals surface area contributed by atoms with Crippen molar-refractivity contribution in [1.29, 1.82) is 0 Å². The minimum Gasteiger partial charge on any atom is -0.496 e. The van der Waals surface area contributed by atoms with Crippen LogP contribution < -0.4 is 15.4 Å². The van der Waals surface area contributed by atoms with Crippen molar-refractivity contribution < 1.29 is 19.4 Å². The van der Waals surface area contributed by atoms with E-state index in [4.69, 9.17) is 21.4 Å². The molecule has 0 heterocycles. The molecule has 116 valence electrons. The van der Waals surface area contributed by atoms with Gasteiger partial charge in [-0.25, -0.2) is 4.79 Å². The molecule has 0 aromatic heterocycles. The lowest BCUT2D eigenvalue weighted by atomic mass is 10.1. The third-order valence-corrected chi connectivity index (χ3v) is 3.33. The predicted molar refractivity (Wildman–Crippen MR) is 81.3 cm³/mol. The van der Waals surface area contributed by atoms with E-state index >= 15 is 0 Å². The molecule has 21 heavy (non-hydrogen) atoms. The highest BCUT2D eigenvalue weighted by molar-refractivity contribution is 6.34. The molecule has 0 aliphatic rings. The molecule has 0 saturated heterocycles. The Morgan fingerprint density at radius 2 is 2.10 bits per heavy atom. The molecule has 1 atom stereocenters. The number of carbonyl (C=O) groups excluding carboxylic acids is 1. The molecular weight excluding hydrogens is 296 g/mol. The summed E-state index contributed by atoms with van der Waals surface area (Å²) in [4.78, 5) is 22.9. The molecule has 6 nitrogen and oxygen atoms in total. The summed E-state index contributed by atoms with van der Waals surface area (Å²) in [5.74, 6) is -1.27. The number of rotatable bonds is 7. The highest BCUT2D eigenvalue weighted by Gasteiger charge is 2.16. The number of benzene rings is 1. The fraction of sp³-hybridized carbons (Fsp3) is 0.429. The minimum absolute atomic E-state index is 0.0572. The molecule has 0 aliphatic heterocycles. The van der Waals surface area contributed by atoms with E-state index < -0.39 is 5.97 Å². The molecule has 1 amide bonds. The van der Waals surface area contributed by atoms with Crippen molar-refractivity contribution in [2.45, 2.75) is 26.3 Å². The van der Waals surface area contributed by atoms with Gasteiger partial charge >= 0.3 is 5.97 Å². The number of halogens is 1. The topological polar surface area (TPSA) is 87.7 Å². The largest absolute Gasteiger partial charge is 0.496 e. The van der Waals surface area contributed by atoms with Gasteiger partial charge in [0.05, 0.1) is 24.4 Å². The molecule has 1 aromatic carbocycles. The van der Waals surface area contributed by atoms with Gasteiger partial charge in [-0.1, -0.05) is 18.5 Å². The molecule has 0 saturated carbocycles. The second-order valence-electron chi connectivity index (χ2n) is 4.58. The van der Waals surface area contributed by atoms with E-state index in [2.05, 4.69) is 10.6 Å². The number of aromatic carboxylic acids is 1. The first-order valence-corrected chi connectivity index (χ1v) is 6.90. The zero-order valence-corrected chi connectivity index (χ0v) is 13.0. The maximum absolute atomic E-state index is 11.8. The molecule has 3 N–H and O–H groups in total. The molecule has 0 fully saturated rings. The number of carbonyl (C=O) groups is 2. The zero-order valence-electron chi connectivity index (χ0n) is 12.2. The average Bonchev–Trinajstić information content (AvgIpc) is 2.46. The van der Waals surface area contributed by atoms with Crippen LogP contribution >= 0.6 is 11.6 Å². The Hall–Kier alpha value is -1.79. The van der Waals surface area contributed by atoms with Gasteiger partial charge in [0.25, 0.3) is 0 Å². The molecule has 0 aliphatic carbocycles. The zero-order chi connectivity index (χ0) is 16.0. The molecule has 0 radical (unpaired) electrons. The molecule has 7 heteroatoms. The maximum Gasteiger partial charge on any atom is 0.339 e. The number of carboxylic acids is 1. The van der Waals surface area contributed by atoms with Gasteiger partial charge in [0.2, 0.25) is 5.91 Å². The van der Waals surface area contributed by atoms with Crippen LogP contribution in [0.4, 0.5) is 5.69 Å². The first-order valence-electron chi connectivity index (χ1n) is 6.53. The Labute approximate surface area is 128 Å². The highest BCUT2D eigenvalue weighted by atomic mass is 35.5. The van der Waals surface area contributed by atoms with Crippen molar-refractivity contribution in [2.75, 3.05) is 19.0 Å². The van der Waals surface area contributed by atoms with E-state index in [1.807, 2.05) is 13.8 Å². The van der Waals surface area contributed by atoms with Crippen LogP contribution in [0.2, 0.25) is 5.02 Å². The van der Waals surface area contributed by atoms with Crippen LogP contribution in [0.15, 0.2) is 12.1 Å². The molecule has 1 aromatic rings. The number of hydrogen-bond acceptors (Lipinski definition) is 4. The van der Waals surface area contributed by atoms with Crippen molar-refractivity contribution in [1.82, 2.24) is 5.32 Å². The summed E-state index contributed by atoms with van der Waals surface area (Å²) in [6, 6.07) is 2.88. The Morgan fingerprint density at radius 1 is 1.43 bits per heavy atom. The first kappa shape index (κ1) is 17.3. The van der Waals surface area contributed by atoms with Crippen molar-refractivity contribution in [3.8, 4) is 5.75 Å². The van der Waals surface area contributed by atoms with Crippen LogP contribution in [-0.2, 0) is 4.79 Å². The van der Waals surface area contributed by atoms with E-state index in [0.717, 1.165) is 6.42 Å². The lowest BCUT2D eigenvalue weighted by Gasteiger charge is -2.13. The number of carboxylic acid groups (broad SMARTS) is 1. The SMILES string of the molecule is CCC(C)NCC(=O)Nc1cc(OC)c(C(=O)O)cc1Cl. The van der Waals surface area contributed by atoms with Gasteiger partial charge in [-0.15, -0.1) is 0 Å². The smallest absolute Gasteiger partial charge is 0.339 e. The van der Waals surface area contributed by atoms with E-state index in [-0.39, 0.29) is 34.8 Å². The monoisotopic (exact) mass is 314 g/mol. The van der Waals surface area contributed by atoms with Gasteiger partial charge in [0, 0.05) is 12.1 Å². The van der Waals surface area contributed by atoms with E-state index in [0.29, 0.717) is 5.69 Å². The van der Waals surface area contributed by atoms with E-state index in [9.17, 15) is 9.59 Å². The molecule has 1 unspecified atom stereocenters. The fourth-order valence-corrected chi connectivity index (χ4v) is 1.80. The normalized spacial score (nSPS) is 11.8. The average molecular weight is 315 g/mol. The first-order chi connectivity index (χ1) is 9.88. The van der Waals surface area contributed by atoms with E-state index in [1.54, 1.807) is 0 Å². The second kappa shape index (κ2) is 7.85. The summed E-state index contributed by atoms with van der Waals surface area (Å²) < 4.78 is 4.99. The van der Waals surface area contributed by atoms with Crippen LogP contribution in [0.5, 0.6) is 5.75 Å². The minimum atomic E-state index is -1.15. The number of nitrogens with one attached hydrogen (secondary N) is 2. The van der Waals surface area contributed by atoms with Crippen LogP contribution in [0.25, 0.3) is 0 Å². The summed E-state index contributed by atoms with van der Waals surface area (Å²) in [7, 11) is 1.35. The van der Waals surface area contributed by atoms with Gasteiger partial charge in [0.15, 0.2) is 0 Å². The van der Waals surface area contributed by atoms with Crippen molar-refractivity contribution >= 4 is 29.2 Å². The number of anilines is 1. The third-order valence-electron chi connectivity index (χ3n) is 3.02. The number of ether oxygens (including phenoxy) is 1. The number of amides is 1. The third kappa shape index (κ3) is 4.91. The summed E-state index contributed by atoms with van der Waals surface area (Å²) in [5.41, 5.74) is 0.257. The van der Waals surface area contributed by atoms with Crippen molar-refractivity contribution in [2.24, 2.45) is 0 Å². The standard InChI is InChI=1S/C14H19ClN2O4/c1-4-8(2)16-7-13(18)17-11-6-12(21-3)9(14(19)20)5-10(11)15/h5-6,8,16H,4,7H2,1-3H3,(H,17,18)(H,19,20). The number of methoxy groups -OCH3 is 1. The summed E-state index contributed by atoms with van der Waals surface area (Å²) in [6.07, 6.45) is 0.912.